The van der Waals surface area contributed by atoms with Crippen LogP contribution in [0.5, 0.6) is 0 Å². The van der Waals surface area contributed by atoms with Crippen molar-refractivity contribution in [2.24, 2.45) is 0 Å². The topological polar surface area (TPSA) is 35.6 Å². The van der Waals surface area contributed by atoms with Crippen molar-refractivity contribution in [2.75, 3.05) is 38.0 Å². The Morgan fingerprint density at radius 2 is 1.78 bits per heavy atom. The zero-order valence-corrected chi connectivity index (χ0v) is 14.4. The number of rotatable bonds is 5. The fourth-order valence-electron chi connectivity index (χ4n) is 2.67. The van der Waals surface area contributed by atoms with E-state index in [-0.39, 0.29) is 5.91 Å². The molecule has 0 bridgehead atoms. The lowest BCUT2D eigenvalue weighted by Crippen LogP contribution is -2.48. The van der Waals surface area contributed by atoms with Gasteiger partial charge in [0.15, 0.2) is 0 Å². The molecule has 0 radical (unpaired) electrons. The van der Waals surface area contributed by atoms with Gasteiger partial charge in [0.25, 0.3) is 0 Å². The van der Waals surface area contributed by atoms with Crippen molar-refractivity contribution in [1.82, 2.24) is 9.80 Å². The lowest BCUT2D eigenvalue weighted by Gasteiger charge is -2.34. The van der Waals surface area contributed by atoms with Gasteiger partial charge in [-0.2, -0.15) is 0 Å². The molecule has 0 atom stereocenters. The fourth-order valence-corrected chi connectivity index (χ4v) is 3.54. The highest BCUT2D eigenvalue weighted by Crippen LogP contribution is 2.15. The molecular formula is C17H20ClN3OS. The SMILES string of the molecule is O=C(CN1CCN(Cc2cccs2)CC1)Nc1ccc(Cl)cc1. The Labute approximate surface area is 145 Å². The van der Waals surface area contributed by atoms with E-state index in [4.69, 9.17) is 11.6 Å². The van der Waals surface area contributed by atoms with Crippen molar-refractivity contribution in [3.05, 3.63) is 51.7 Å². The van der Waals surface area contributed by atoms with Gasteiger partial charge in [0.2, 0.25) is 5.91 Å². The predicted octanol–water partition coefficient (Wildman–Crippen LogP) is 3.16. The molecule has 23 heavy (non-hydrogen) atoms. The Balaban J connectivity index is 1.41. The van der Waals surface area contributed by atoms with E-state index in [1.54, 1.807) is 23.5 Å². The summed E-state index contributed by atoms with van der Waals surface area (Å²) >= 11 is 7.64. The first-order chi connectivity index (χ1) is 11.2. The summed E-state index contributed by atoms with van der Waals surface area (Å²) in [6.07, 6.45) is 0. The molecule has 1 aliphatic heterocycles. The maximum absolute atomic E-state index is 12.1. The van der Waals surface area contributed by atoms with E-state index in [1.165, 1.54) is 4.88 Å². The second-order valence-corrected chi connectivity index (χ2v) is 7.16. The Kier molecular flexibility index (Phi) is 5.67. The van der Waals surface area contributed by atoms with Crippen LogP contribution in [0.4, 0.5) is 5.69 Å². The summed E-state index contributed by atoms with van der Waals surface area (Å²) in [5.74, 6) is 0.0269. The van der Waals surface area contributed by atoms with Crippen LogP contribution in [0.2, 0.25) is 5.02 Å². The molecule has 1 aromatic carbocycles. The average molecular weight is 350 g/mol. The number of nitrogens with zero attached hydrogens (tertiary/aromatic N) is 2. The standard InChI is InChI=1S/C17H20ClN3OS/c18-14-3-5-15(6-4-14)19-17(22)13-21-9-7-20(8-10-21)12-16-2-1-11-23-16/h1-6,11H,7-10,12-13H2,(H,19,22). The molecule has 6 heteroatoms. The summed E-state index contributed by atoms with van der Waals surface area (Å²) in [6, 6.07) is 11.5. The van der Waals surface area contributed by atoms with Gasteiger partial charge in [-0.05, 0) is 35.7 Å². The van der Waals surface area contributed by atoms with Crippen molar-refractivity contribution < 1.29 is 4.79 Å². The third-order valence-electron chi connectivity index (χ3n) is 3.92. The van der Waals surface area contributed by atoms with Crippen LogP contribution in [0.3, 0.4) is 0 Å². The van der Waals surface area contributed by atoms with Crippen molar-refractivity contribution >= 4 is 34.5 Å². The number of thiophene rings is 1. The fraction of sp³-hybridized carbons (Fsp3) is 0.353. The summed E-state index contributed by atoms with van der Waals surface area (Å²) in [7, 11) is 0. The smallest absolute Gasteiger partial charge is 0.238 e. The summed E-state index contributed by atoms with van der Waals surface area (Å²) in [6.45, 7) is 5.33. The van der Waals surface area contributed by atoms with Crippen LogP contribution in [0.1, 0.15) is 4.88 Å². The van der Waals surface area contributed by atoms with Gasteiger partial charge in [0.1, 0.15) is 0 Å². The van der Waals surface area contributed by atoms with Gasteiger partial charge >= 0.3 is 0 Å². The lowest BCUT2D eigenvalue weighted by molar-refractivity contribution is -0.117. The number of hydrogen-bond donors (Lipinski definition) is 1. The van der Waals surface area contributed by atoms with Crippen LogP contribution in [0.25, 0.3) is 0 Å². The Hall–Kier alpha value is -1.40. The number of anilines is 1. The molecule has 2 aromatic rings. The van der Waals surface area contributed by atoms with Crippen molar-refractivity contribution in [3.63, 3.8) is 0 Å². The van der Waals surface area contributed by atoms with Gasteiger partial charge < -0.3 is 5.32 Å². The third-order valence-corrected chi connectivity index (χ3v) is 5.03. The largest absolute Gasteiger partial charge is 0.325 e. The quantitative estimate of drug-likeness (QED) is 0.900. The summed E-state index contributed by atoms with van der Waals surface area (Å²) in [5, 5.41) is 5.70. The molecule has 1 aromatic heterocycles. The number of carbonyl (C=O) groups is 1. The van der Waals surface area contributed by atoms with Gasteiger partial charge in [0, 0.05) is 48.3 Å². The van der Waals surface area contributed by atoms with Crippen LogP contribution in [0.15, 0.2) is 41.8 Å². The maximum Gasteiger partial charge on any atom is 0.238 e. The number of halogens is 1. The number of hydrogen-bond acceptors (Lipinski definition) is 4. The van der Waals surface area contributed by atoms with Gasteiger partial charge in [0.05, 0.1) is 6.54 Å². The van der Waals surface area contributed by atoms with E-state index >= 15 is 0 Å². The van der Waals surface area contributed by atoms with Gasteiger partial charge in [-0.15, -0.1) is 11.3 Å². The van der Waals surface area contributed by atoms with Crippen molar-refractivity contribution in [3.8, 4) is 0 Å². The first-order valence-electron chi connectivity index (χ1n) is 7.71. The van der Waals surface area contributed by atoms with E-state index in [9.17, 15) is 4.79 Å². The number of benzene rings is 1. The second-order valence-electron chi connectivity index (χ2n) is 5.69. The molecule has 1 saturated heterocycles. The lowest BCUT2D eigenvalue weighted by atomic mass is 10.3. The highest BCUT2D eigenvalue weighted by atomic mass is 35.5. The van der Waals surface area contributed by atoms with Crippen LogP contribution in [-0.2, 0) is 11.3 Å². The van der Waals surface area contributed by atoms with Gasteiger partial charge in [-0.1, -0.05) is 17.7 Å². The normalized spacial score (nSPS) is 16.4. The maximum atomic E-state index is 12.1. The molecule has 1 N–H and O–H groups in total. The minimum absolute atomic E-state index is 0.0269. The number of nitrogens with one attached hydrogen (secondary N) is 1. The van der Waals surface area contributed by atoms with Crippen LogP contribution < -0.4 is 5.32 Å². The minimum Gasteiger partial charge on any atom is -0.325 e. The molecule has 0 aliphatic carbocycles. The predicted molar refractivity (Wildman–Crippen MR) is 96.1 cm³/mol. The summed E-state index contributed by atoms with van der Waals surface area (Å²) < 4.78 is 0. The molecular weight excluding hydrogens is 330 g/mol. The molecule has 4 nitrogen and oxygen atoms in total. The Bertz CT molecular complexity index is 622. The first kappa shape index (κ1) is 16.5. The summed E-state index contributed by atoms with van der Waals surface area (Å²) in [4.78, 5) is 18.2. The van der Waals surface area contributed by atoms with Crippen molar-refractivity contribution in [1.29, 1.82) is 0 Å². The minimum atomic E-state index is 0.0269. The highest BCUT2D eigenvalue weighted by Gasteiger charge is 2.19. The molecule has 1 amide bonds. The molecule has 1 aliphatic rings. The van der Waals surface area contributed by atoms with Crippen LogP contribution in [0, 0.1) is 0 Å². The number of amides is 1. The highest BCUT2D eigenvalue weighted by molar-refractivity contribution is 7.09. The zero-order valence-electron chi connectivity index (χ0n) is 12.9. The van der Waals surface area contributed by atoms with Crippen LogP contribution >= 0.6 is 22.9 Å². The van der Waals surface area contributed by atoms with E-state index in [0.717, 1.165) is 38.4 Å². The molecule has 1 fully saturated rings. The summed E-state index contributed by atoms with van der Waals surface area (Å²) in [5.41, 5.74) is 0.788. The number of carbonyl (C=O) groups excluding carboxylic acids is 1. The number of piperazine rings is 1. The molecule has 122 valence electrons. The van der Waals surface area contributed by atoms with E-state index in [0.29, 0.717) is 11.6 Å². The molecule has 2 heterocycles. The molecule has 0 spiro atoms. The Morgan fingerprint density at radius 3 is 2.43 bits per heavy atom. The molecule has 0 unspecified atom stereocenters. The van der Waals surface area contributed by atoms with Crippen molar-refractivity contribution in [2.45, 2.75) is 6.54 Å². The van der Waals surface area contributed by atoms with E-state index < -0.39 is 0 Å². The molecule has 0 saturated carbocycles. The van der Waals surface area contributed by atoms with E-state index in [1.807, 2.05) is 12.1 Å². The van der Waals surface area contributed by atoms with Crippen LogP contribution in [-0.4, -0.2) is 48.4 Å². The average Bonchev–Trinajstić information content (AvgIpc) is 3.04. The van der Waals surface area contributed by atoms with E-state index in [2.05, 4.69) is 32.6 Å². The van der Waals surface area contributed by atoms with Gasteiger partial charge in [-0.3, -0.25) is 14.6 Å². The first-order valence-corrected chi connectivity index (χ1v) is 8.97. The Morgan fingerprint density at radius 1 is 1.09 bits per heavy atom. The molecule has 3 rings (SSSR count). The second kappa shape index (κ2) is 7.93. The van der Waals surface area contributed by atoms with Gasteiger partial charge in [-0.25, -0.2) is 0 Å². The third kappa shape index (κ3) is 5.04. The zero-order chi connectivity index (χ0) is 16.1. The monoisotopic (exact) mass is 349 g/mol.